The first kappa shape index (κ1) is 54.9. The smallest absolute Gasteiger partial charge is 0.0885 e. The molecule has 0 aliphatic rings. The van der Waals surface area contributed by atoms with Crippen LogP contribution in [0.2, 0.25) is 8.87 Å². The zero-order valence-electron chi connectivity index (χ0n) is 37.1. The van der Waals surface area contributed by atoms with Crippen LogP contribution < -0.4 is 0 Å². The molecule has 0 aliphatic heterocycles. The van der Waals surface area contributed by atoms with Crippen molar-refractivity contribution in [3.8, 4) is 0 Å². The van der Waals surface area contributed by atoms with Crippen LogP contribution in [0.25, 0.3) is 0 Å². The van der Waals surface area contributed by atoms with Crippen LogP contribution in [0.5, 0.6) is 0 Å². The third-order valence-electron chi connectivity index (χ3n) is 10.5. The second-order valence-electron chi connectivity index (χ2n) is 15.9. The maximum absolute atomic E-state index is 12.5. The molecular formula is C48H92O4S2Sn. The van der Waals surface area contributed by atoms with Crippen LogP contribution in [0.4, 0.5) is 0 Å². The number of hydrogen-bond acceptors (Lipinski definition) is 6. The molecule has 0 bridgehead atoms. The van der Waals surface area contributed by atoms with E-state index >= 15 is 0 Å². The summed E-state index contributed by atoms with van der Waals surface area (Å²) in [5.41, 5.74) is 0. The Bertz CT molecular complexity index is 810. The van der Waals surface area contributed by atoms with E-state index in [1.165, 1.54) is 176 Å². The van der Waals surface area contributed by atoms with Crippen molar-refractivity contribution in [3.05, 3.63) is 24.3 Å². The van der Waals surface area contributed by atoms with Gasteiger partial charge in [-0.1, -0.05) is 102 Å². The van der Waals surface area contributed by atoms with Crippen LogP contribution in [0.1, 0.15) is 233 Å². The molecule has 0 fully saturated rings. The molecule has 0 spiro atoms. The summed E-state index contributed by atoms with van der Waals surface area (Å²) in [7, 11) is 4.35. The van der Waals surface area contributed by atoms with Gasteiger partial charge < -0.3 is 0 Å². The van der Waals surface area contributed by atoms with E-state index in [9.17, 15) is 9.59 Å². The molecule has 0 aliphatic carbocycles. The van der Waals surface area contributed by atoms with E-state index in [0.29, 0.717) is 26.1 Å². The third kappa shape index (κ3) is 40.5. The van der Waals surface area contributed by atoms with Gasteiger partial charge in [0, 0.05) is 0 Å². The molecule has 0 atom stereocenters. The van der Waals surface area contributed by atoms with E-state index < -0.39 is 15.6 Å². The first-order chi connectivity index (χ1) is 27.0. The van der Waals surface area contributed by atoms with Gasteiger partial charge in [0.25, 0.3) is 0 Å². The number of unbranched alkanes of at least 4 members (excludes halogenated alkanes) is 24. The molecule has 0 saturated carbocycles. The second kappa shape index (κ2) is 45.0. The van der Waals surface area contributed by atoms with Crippen LogP contribution in [0, 0.1) is 0 Å². The minimum atomic E-state index is -2.57. The van der Waals surface area contributed by atoms with Gasteiger partial charge in [0.15, 0.2) is 0 Å². The normalized spacial score (nSPS) is 12.0. The SMILES string of the molecule is CCCCCCCC/C=C\CCCCCCCC(=O)OCC[S][Sn]([CH2]CCC)([CH2]CCC)[S]CCOC(=O)CCCCCCC/C=C\CCCCCCCC. The summed E-state index contributed by atoms with van der Waals surface area (Å²) in [6, 6.07) is 0. The molecule has 0 radical (unpaired) electrons. The Morgan fingerprint density at radius 2 is 0.691 bits per heavy atom. The Morgan fingerprint density at radius 1 is 0.400 bits per heavy atom. The van der Waals surface area contributed by atoms with Gasteiger partial charge in [0.05, 0.1) is 0 Å². The summed E-state index contributed by atoms with van der Waals surface area (Å²) in [6.07, 6.45) is 48.6. The fraction of sp³-hybridized carbons (Fsp3) is 0.875. The van der Waals surface area contributed by atoms with Crippen molar-refractivity contribution >= 4 is 45.4 Å². The number of rotatable bonds is 44. The van der Waals surface area contributed by atoms with E-state index in [4.69, 9.17) is 9.47 Å². The molecule has 0 amide bonds. The molecule has 0 rings (SSSR count). The molecule has 55 heavy (non-hydrogen) atoms. The second-order valence-corrected chi connectivity index (χ2v) is 42.5. The Kier molecular flexibility index (Phi) is 44.9. The number of allylic oxidation sites excluding steroid dienone is 4. The average Bonchev–Trinajstić information content (AvgIpc) is 3.19. The van der Waals surface area contributed by atoms with E-state index in [0.717, 1.165) is 37.2 Å². The monoisotopic (exact) mass is 917 g/mol. The van der Waals surface area contributed by atoms with Crippen molar-refractivity contribution in [2.75, 3.05) is 24.7 Å². The summed E-state index contributed by atoms with van der Waals surface area (Å²) in [6.45, 7) is 10.2. The molecule has 0 aromatic carbocycles. The molecule has 0 unspecified atom stereocenters. The minimum Gasteiger partial charge on any atom is -0.0885 e. The Labute approximate surface area is 353 Å². The van der Waals surface area contributed by atoms with Crippen molar-refractivity contribution in [2.24, 2.45) is 0 Å². The summed E-state index contributed by atoms with van der Waals surface area (Å²) in [5.74, 6) is 1.80. The van der Waals surface area contributed by atoms with Gasteiger partial charge in [-0.25, -0.2) is 0 Å². The number of esters is 2. The number of ether oxygens (including phenoxy) is 2. The number of carbonyl (C=O) groups excluding carboxylic acids is 2. The summed E-state index contributed by atoms with van der Waals surface area (Å²) in [5, 5.41) is 0. The number of carbonyl (C=O) groups is 2. The topological polar surface area (TPSA) is 52.6 Å². The average molecular weight is 916 g/mol. The van der Waals surface area contributed by atoms with E-state index in [1.807, 2.05) is 0 Å². The molecule has 0 saturated heterocycles. The molecule has 0 N–H and O–H groups in total. The van der Waals surface area contributed by atoms with Gasteiger partial charge in [0.1, 0.15) is 0 Å². The summed E-state index contributed by atoms with van der Waals surface area (Å²) in [4.78, 5) is 24.9. The maximum atomic E-state index is 12.5. The quantitative estimate of drug-likeness (QED) is 0.0263. The van der Waals surface area contributed by atoms with Crippen LogP contribution in [0.3, 0.4) is 0 Å². The predicted octanol–water partition coefficient (Wildman–Crippen LogP) is 16.7. The van der Waals surface area contributed by atoms with Gasteiger partial charge in [-0.15, -0.1) is 0 Å². The molecule has 0 aromatic heterocycles. The van der Waals surface area contributed by atoms with Gasteiger partial charge in [-0.2, -0.15) is 0 Å². The van der Waals surface area contributed by atoms with Crippen molar-refractivity contribution in [2.45, 2.75) is 242 Å². The van der Waals surface area contributed by atoms with Crippen molar-refractivity contribution in [1.29, 1.82) is 0 Å². The van der Waals surface area contributed by atoms with E-state index in [-0.39, 0.29) is 11.9 Å². The molecule has 0 heterocycles. The van der Waals surface area contributed by atoms with Crippen LogP contribution in [0.15, 0.2) is 24.3 Å². The molecule has 324 valence electrons. The van der Waals surface area contributed by atoms with Crippen molar-refractivity contribution in [1.82, 2.24) is 0 Å². The minimum absolute atomic E-state index is 0.0213. The zero-order valence-corrected chi connectivity index (χ0v) is 41.6. The fourth-order valence-electron chi connectivity index (χ4n) is 6.94. The van der Waals surface area contributed by atoms with Crippen molar-refractivity contribution < 1.29 is 19.1 Å². The van der Waals surface area contributed by atoms with Crippen LogP contribution in [-0.4, -0.2) is 52.3 Å². The zero-order chi connectivity index (χ0) is 40.2. The van der Waals surface area contributed by atoms with Gasteiger partial charge >= 0.3 is 228 Å². The predicted molar refractivity (Wildman–Crippen MR) is 251 cm³/mol. The number of hydrogen-bond donors (Lipinski definition) is 0. The summed E-state index contributed by atoms with van der Waals surface area (Å²) < 4.78 is 14.1. The van der Waals surface area contributed by atoms with Crippen molar-refractivity contribution in [3.63, 3.8) is 0 Å². The van der Waals surface area contributed by atoms with E-state index in [2.05, 4.69) is 69.9 Å². The first-order valence-corrected chi connectivity index (χ1v) is 36.9. The van der Waals surface area contributed by atoms with Gasteiger partial charge in [0.2, 0.25) is 0 Å². The van der Waals surface area contributed by atoms with Gasteiger partial charge in [-0.05, 0) is 25.7 Å². The van der Waals surface area contributed by atoms with Gasteiger partial charge in [-0.3, -0.25) is 0 Å². The van der Waals surface area contributed by atoms with Crippen LogP contribution >= 0.6 is 17.9 Å². The van der Waals surface area contributed by atoms with E-state index in [1.54, 1.807) is 0 Å². The Balaban J connectivity index is 4.10. The Morgan fingerprint density at radius 3 is 1.02 bits per heavy atom. The standard InChI is InChI=1S/2C20H38O2S.2C4H9.Sn/c2*1-2-3-4-5-6-7-8-9-10-11-12-13-14-15-16-17-20(21)22-18-19-23;2*1-3-4-2;/h2*9-10,23H,2-8,11-19H2,1H3;2*1,3-4H2,2H3;/q;;;;+2/p-2/b2*10-9-;;;. The van der Waals surface area contributed by atoms with Crippen LogP contribution in [-0.2, 0) is 19.1 Å². The molecular weight excluding hydrogens is 823 g/mol. The molecule has 0 aromatic rings. The summed E-state index contributed by atoms with van der Waals surface area (Å²) >= 11 is -2.57. The first-order valence-electron chi connectivity index (χ1n) is 23.9. The fourth-order valence-corrected chi connectivity index (χ4v) is 36.8. The molecule has 4 nitrogen and oxygen atoms in total. The Hall–Kier alpha value is -0.0813. The molecule has 7 heteroatoms. The third-order valence-corrected chi connectivity index (χ3v) is 41.4.